The van der Waals surface area contributed by atoms with Crippen LogP contribution in [0.4, 0.5) is 0 Å². The number of carbonyl (C=O) groups is 1. The summed E-state index contributed by atoms with van der Waals surface area (Å²) in [4.78, 5) is 17.0. The van der Waals surface area contributed by atoms with Crippen LogP contribution in [0.25, 0.3) is 0 Å². The van der Waals surface area contributed by atoms with Crippen molar-refractivity contribution in [2.75, 3.05) is 52.5 Å². The fourth-order valence-corrected chi connectivity index (χ4v) is 3.84. The molecule has 3 rings (SSSR count). The molecule has 3 aliphatic rings. The van der Waals surface area contributed by atoms with Gasteiger partial charge in [-0.05, 0) is 45.1 Å². The minimum Gasteiger partial charge on any atom is -0.377 e. The molecule has 0 aliphatic carbocycles. The topological polar surface area (TPSA) is 42.0 Å². The Labute approximate surface area is 133 Å². The lowest BCUT2D eigenvalue weighted by Gasteiger charge is -2.33. The van der Waals surface area contributed by atoms with Gasteiger partial charge >= 0.3 is 0 Å². The molecule has 0 spiro atoms. The van der Waals surface area contributed by atoms with E-state index in [4.69, 9.17) is 9.47 Å². The quantitative estimate of drug-likeness (QED) is 0.698. The third-order valence-electron chi connectivity index (χ3n) is 5.15. The van der Waals surface area contributed by atoms with Crippen LogP contribution in [0.5, 0.6) is 0 Å². The Balaban J connectivity index is 1.34. The molecule has 3 saturated heterocycles. The molecule has 1 amide bonds. The fraction of sp³-hybridized carbons (Fsp3) is 0.941. The first-order chi connectivity index (χ1) is 10.8. The molecule has 0 unspecified atom stereocenters. The highest BCUT2D eigenvalue weighted by molar-refractivity contribution is 5.79. The Hall–Kier alpha value is -0.650. The molecule has 5 heteroatoms. The van der Waals surface area contributed by atoms with Crippen molar-refractivity contribution in [3.05, 3.63) is 0 Å². The molecule has 0 aromatic carbocycles. The van der Waals surface area contributed by atoms with Crippen LogP contribution in [0.1, 0.15) is 38.5 Å². The minimum absolute atomic E-state index is 0.213. The van der Waals surface area contributed by atoms with Crippen LogP contribution in [0.15, 0.2) is 0 Å². The predicted molar refractivity (Wildman–Crippen MR) is 84.8 cm³/mol. The molecule has 126 valence electrons. The third kappa shape index (κ3) is 4.43. The zero-order valence-corrected chi connectivity index (χ0v) is 13.7. The van der Waals surface area contributed by atoms with Crippen molar-refractivity contribution in [1.29, 1.82) is 0 Å². The van der Waals surface area contributed by atoms with Crippen molar-refractivity contribution in [3.63, 3.8) is 0 Å². The van der Waals surface area contributed by atoms with E-state index in [2.05, 4.69) is 9.80 Å². The maximum absolute atomic E-state index is 12.5. The van der Waals surface area contributed by atoms with Crippen molar-refractivity contribution in [1.82, 2.24) is 9.80 Å². The summed E-state index contributed by atoms with van der Waals surface area (Å²) < 4.78 is 11.3. The first-order valence-electron chi connectivity index (χ1n) is 9.03. The number of carbonyl (C=O) groups excluding carboxylic acids is 1. The number of amides is 1. The number of ether oxygens (including phenoxy) is 2. The molecule has 3 heterocycles. The van der Waals surface area contributed by atoms with Gasteiger partial charge in [-0.1, -0.05) is 0 Å². The summed E-state index contributed by atoms with van der Waals surface area (Å²) in [6.45, 7) is 7.27. The van der Waals surface area contributed by atoms with Gasteiger partial charge < -0.3 is 19.3 Å². The molecular weight excluding hydrogens is 280 g/mol. The van der Waals surface area contributed by atoms with E-state index in [1.807, 2.05) is 0 Å². The van der Waals surface area contributed by atoms with Crippen LogP contribution < -0.4 is 0 Å². The van der Waals surface area contributed by atoms with Crippen molar-refractivity contribution >= 4 is 5.91 Å². The van der Waals surface area contributed by atoms with E-state index in [1.165, 1.54) is 19.3 Å². The van der Waals surface area contributed by atoms with Gasteiger partial charge in [0.2, 0.25) is 5.91 Å². The molecule has 2 atom stereocenters. The van der Waals surface area contributed by atoms with Crippen LogP contribution in [-0.4, -0.2) is 74.4 Å². The maximum Gasteiger partial charge on any atom is 0.226 e. The summed E-state index contributed by atoms with van der Waals surface area (Å²) in [6, 6.07) is 0. The highest BCUT2D eigenvalue weighted by Gasteiger charge is 2.30. The van der Waals surface area contributed by atoms with Gasteiger partial charge in [0, 0.05) is 32.8 Å². The van der Waals surface area contributed by atoms with E-state index in [0.717, 1.165) is 71.8 Å². The zero-order chi connectivity index (χ0) is 15.2. The average molecular weight is 310 g/mol. The van der Waals surface area contributed by atoms with E-state index < -0.39 is 0 Å². The number of hydrogen-bond donors (Lipinski definition) is 0. The molecule has 22 heavy (non-hydrogen) atoms. The number of hydrogen-bond acceptors (Lipinski definition) is 4. The first kappa shape index (κ1) is 16.2. The smallest absolute Gasteiger partial charge is 0.226 e. The fourth-order valence-electron chi connectivity index (χ4n) is 3.84. The highest BCUT2D eigenvalue weighted by Crippen LogP contribution is 2.21. The third-order valence-corrected chi connectivity index (χ3v) is 5.15. The second-order valence-electron chi connectivity index (χ2n) is 6.88. The predicted octanol–water partition coefficient (Wildman–Crippen LogP) is 1.52. The van der Waals surface area contributed by atoms with Crippen molar-refractivity contribution in [2.24, 2.45) is 5.92 Å². The number of piperidine rings is 1. The van der Waals surface area contributed by atoms with Crippen LogP contribution in [-0.2, 0) is 14.3 Å². The molecule has 0 radical (unpaired) electrons. The summed E-state index contributed by atoms with van der Waals surface area (Å²) in [5, 5.41) is 0. The largest absolute Gasteiger partial charge is 0.377 e. The normalized spacial score (nSPS) is 30.1. The monoisotopic (exact) mass is 310 g/mol. The Bertz CT molecular complexity index is 352. The Morgan fingerprint density at radius 2 is 1.95 bits per heavy atom. The van der Waals surface area contributed by atoms with Gasteiger partial charge in [0.1, 0.15) is 0 Å². The Kier molecular flexibility index (Phi) is 6.10. The minimum atomic E-state index is 0.213. The number of rotatable bonds is 6. The molecule has 0 aromatic heterocycles. The molecular formula is C17H30N2O3. The van der Waals surface area contributed by atoms with E-state index in [9.17, 15) is 4.79 Å². The average Bonchev–Trinajstić information content (AvgIpc) is 3.24. The summed E-state index contributed by atoms with van der Waals surface area (Å²) in [5.41, 5.74) is 0. The molecule has 3 fully saturated rings. The van der Waals surface area contributed by atoms with Gasteiger partial charge in [0.15, 0.2) is 0 Å². The van der Waals surface area contributed by atoms with Crippen LogP contribution >= 0.6 is 0 Å². The van der Waals surface area contributed by atoms with Crippen LogP contribution in [0.3, 0.4) is 0 Å². The summed E-state index contributed by atoms with van der Waals surface area (Å²) in [7, 11) is 0. The van der Waals surface area contributed by atoms with Gasteiger partial charge in [-0.25, -0.2) is 0 Å². The lowest BCUT2D eigenvalue weighted by Crippen LogP contribution is -2.45. The maximum atomic E-state index is 12.5. The van der Waals surface area contributed by atoms with E-state index in [1.54, 1.807) is 0 Å². The van der Waals surface area contributed by atoms with Crippen LogP contribution in [0, 0.1) is 5.92 Å². The summed E-state index contributed by atoms with van der Waals surface area (Å²) in [5.74, 6) is 0.604. The lowest BCUT2D eigenvalue weighted by atomic mass is 9.96. The molecule has 0 N–H and O–H groups in total. The zero-order valence-electron chi connectivity index (χ0n) is 13.7. The first-order valence-corrected chi connectivity index (χ1v) is 9.03. The summed E-state index contributed by atoms with van der Waals surface area (Å²) in [6.07, 6.45) is 7.17. The number of likely N-dealkylation sites (tertiary alicyclic amines) is 2. The lowest BCUT2D eigenvalue weighted by molar-refractivity contribution is -0.136. The Morgan fingerprint density at radius 3 is 2.73 bits per heavy atom. The standard InChI is InChI=1S/C17H30N2O3/c20-17(19-8-1-2-9-19)15-5-3-7-18(13-15)10-12-21-14-16-6-4-11-22-16/h15-16H,1-14H2/t15-,16+/m0/s1. The number of nitrogens with zero attached hydrogens (tertiary/aromatic N) is 2. The van der Waals surface area contributed by atoms with Crippen molar-refractivity contribution < 1.29 is 14.3 Å². The molecule has 0 bridgehead atoms. The van der Waals surface area contributed by atoms with Crippen molar-refractivity contribution in [3.8, 4) is 0 Å². The van der Waals surface area contributed by atoms with Gasteiger partial charge in [-0.3, -0.25) is 4.79 Å². The van der Waals surface area contributed by atoms with Gasteiger partial charge in [0.05, 0.1) is 25.2 Å². The van der Waals surface area contributed by atoms with Crippen molar-refractivity contribution in [2.45, 2.75) is 44.6 Å². The molecule has 5 nitrogen and oxygen atoms in total. The second kappa shape index (κ2) is 8.27. The molecule has 3 aliphatic heterocycles. The van der Waals surface area contributed by atoms with Gasteiger partial charge in [-0.15, -0.1) is 0 Å². The second-order valence-corrected chi connectivity index (χ2v) is 6.88. The van der Waals surface area contributed by atoms with E-state index in [0.29, 0.717) is 12.0 Å². The van der Waals surface area contributed by atoms with E-state index in [-0.39, 0.29) is 5.92 Å². The van der Waals surface area contributed by atoms with E-state index >= 15 is 0 Å². The molecule has 0 aromatic rings. The SMILES string of the molecule is O=C([C@H]1CCCN(CCOC[C@H]2CCCO2)C1)N1CCCC1. The van der Waals surface area contributed by atoms with Gasteiger partial charge in [0.25, 0.3) is 0 Å². The van der Waals surface area contributed by atoms with Crippen LogP contribution in [0.2, 0.25) is 0 Å². The van der Waals surface area contributed by atoms with Gasteiger partial charge in [-0.2, -0.15) is 0 Å². The highest BCUT2D eigenvalue weighted by atomic mass is 16.5. The summed E-state index contributed by atoms with van der Waals surface area (Å²) >= 11 is 0. The Morgan fingerprint density at radius 1 is 1.09 bits per heavy atom. The molecule has 0 saturated carbocycles.